The molecule has 0 saturated heterocycles. The molecule has 0 radical (unpaired) electrons. The minimum atomic E-state index is -4.70. The van der Waals surface area contributed by atoms with Crippen molar-refractivity contribution >= 4 is 23.1 Å². The molecule has 3 aromatic rings. The van der Waals surface area contributed by atoms with Gasteiger partial charge >= 0.3 is 6.18 Å². The van der Waals surface area contributed by atoms with Gasteiger partial charge < -0.3 is 15.5 Å². The number of alkyl halides is 3. The molecule has 0 saturated carbocycles. The van der Waals surface area contributed by atoms with E-state index in [1.807, 2.05) is 19.0 Å². The predicted molar refractivity (Wildman–Crippen MR) is 135 cm³/mol. The van der Waals surface area contributed by atoms with Crippen molar-refractivity contribution in [3.63, 3.8) is 0 Å². The van der Waals surface area contributed by atoms with Gasteiger partial charge in [-0.05, 0) is 44.3 Å². The Bertz CT molecular complexity index is 1380. The number of aromatic nitrogens is 3. The monoisotopic (exact) mass is 529 g/mol. The van der Waals surface area contributed by atoms with E-state index >= 15 is 0 Å². The zero-order valence-corrected chi connectivity index (χ0v) is 21.4. The molecule has 12 heteroatoms. The zero-order chi connectivity index (χ0) is 26.9. The molecule has 0 spiro atoms. The first-order valence-electron chi connectivity index (χ1n) is 11.6. The van der Waals surface area contributed by atoms with Crippen LogP contribution >= 0.6 is 11.3 Å². The van der Waals surface area contributed by atoms with Crippen LogP contribution in [0.4, 0.5) is 19.0 Å². The van der Waals surface area contributed by atoms with E-state index in [0.717, 1.165) is 10.4 Å². The zero-order valence-electron chi connectivity index (χ0n) is 20.6. The van der Waals surface area contributed by atoms with Gasteiger partial charge in [0.1, 0.15) is 16.8 Å². The summed E-state index contributed by atoms with van der Waals surface area (Å²) in [5.41, 5.74) is 6.04. The Kier molecular flexibility index (Phi) is 7.38. The molecule has 1 amide bonds. The quantitative estimate of drug-likeness (QED) is 0.483. The summed E-state index contributed by atoms with van der Waals surface area (Å²) in [5, 5.41) is 13.2. The number of nitrogens with two attached hydrogens (primary N) is 1. The number of hydrogen-bond acceptors (Lipinski definition) is 7. The van der Waals surface area contributed by atoms with Crippen molar-refractivity contribution in [3.8, 4) is 17.3 Å². The van der Waals surface area contributed by atoms with Crippen LogP contribution in [-0.2, 0) is 24.1 Å². The van der Waals surface area contributed by atoms with Gasteiger partial charge in [-0.15, -0.1) is 11.3 Å². The number of rotatable bonds is 6. The fourth-order valence-electron chi connectivity index (χ4n) is 4.32. The van der Waals surface area contributed by atoms with Crippen LogP contribution in [0.25, 0.3) is 11.3 Å². The number of amides is 1. The number of pyridine rings is 1. The molecule has 0 aromatic carbocycles. The molecule has 4 rings (SSSR count). The highest BCUT2D eigenvalue weighted by atomic mass is 32.1. The number of anilines is 1. The van der Waals surface area contributed by atoms with Crippen LogP contribution in [0.3, 0.4) is 0 Å². The maximum atomic E-state index is 14.0. The van der Waals surface area contributed by atoms with Crippen LogP contribution in [0.5, 0.6) is 0 Å². The van der Waals surface area contributed by atoms with Crippen molar-refractivity contribution in [2.45, 2.75) is 32.1 Å². The number of hydrogen-bond donors (Lipinski definition) is 1. The van der Waals surface area contributed by atoms with Gasteiger partial charge in [0.05, 0.1) is 17.8 Å². The van der Waals surface area contributed by atoms with Crippen molar-refractivity contribution in [3.05, 3.63) is 63.1 Å². The summed E-state index contributed by atoms with van der Waals surface area (Å²) in [7, 11) is 3.78. The van der Waals surface area contributed by atoms with Crippen LogP contribution in [-0.4, -0.2) is 57.7 Å². The number of thiophene rings is 1. The molecular formula is C25H26F3N7OS. The molecule has 1 aliphatic rings. The second kappa shape index (κ2) is 10.4. The van der Waals surface area contributed by atoms with E-state index < -0.39 is 17.8 Å². The lowest BCUT2D eigenvalue weighted by molar-refractivity contribution is -0.141. The number of nitrogens with zero attached hydrogens (tertiary/aromatic N) is 6. The van der Waals surface area contributed by atoms with E-state index in [4.69, 9.17) is 5.73 Å². The Labute approximate surface area is 216 Å². The first kappa shape index (κ1) is 26.4. The van der Waals surface area contributed by atoms with Crippen LogP contribution < -0.4 is 5.73 Å². The number of nitriles is 1. The van der Waals surface area contributed by atoms with Crippen LogP contribution in [0, 0.1) is 11.3 Å². The largest absolute Gasteiger partial charge is 0.435 e. The van der Waals surface area contributed by atoms with E-state index in [1.54, 1.807) is 30.0 Å². The molecule has 1 aliphatic heterocycles. The highest BCUT2D eigenvalue weighted by molar-refractivity contribution is 7.12. The van der Waals surface area contributed by atoms with Crippen molar-refractivity contribution in [1.29, 1.82) is 5.26 Å². The SMILES string of the molecule is CCn1cc(-c2nc(N)ccc2C2CN(C(=O)/C=C/CN(C)C)Cc3sc(C#N)cc32)c(C(F)(F)F)n1. The third kappa shape index (κ3) is 5.52. The molecule has 8 nitrogen and oxygen atoms in total. The highest BCUT2D eigenvalue weighted by Gasteiger charge is 2.40. The van der Waals surface area contributed by atoms with E-state index in [-0.39, 0.29) is 36.1 Å². The lowest BCUT2D eigenvalue weighted by Gasteiger charge is -2.33. The summed E-state index contributed by atoms with van der Waals surface area (Å²) in [6.45, 7) is 3.04. The van der Waals surface area contributed by atoms with E-state index in [0.29, 0.717) is 23.5 Å². The van der Waals surface area contributed by atoms with Gasteiger partial charge in [0.2, 0.25) is 5.91 Å². The Morgan fingerprint density at radius 3 is 2.76 bits per heavy atom. The number of carbonyl (C=O) groups is 1. The average molecular weight is 530 g/mol. The van der Waals surface area contributed by atoms with E-state index in [9.17, 15) is 23.2 Å². The molecular weight excluding hydrogens is 503 g/mol. The Morgan fingerprint density at radius 2 is 2.11 bits per heavy atom. The molecule has 2 N–H and O–H groups in total. The normalized spacial score (nSPS) is 15.8. The molecule has 0 bridgehead atoms. The van der Waals surface area contributed by atoms with E-state index in [2.05, 4.69) is 16.2 Å². The summed E-state index contributed by atoms with van der Waals surface area (Å²) >= 11 is 1.27. The Balaban J connectivity index is 1.85. The number of aryl methyl sites for hydroxylation is 1. The predicted octanol–water partition coefficient (Wildman–Crippen LogP) is 4.09. The number of halogens is 3. The third-order valence-corrected chi connectivity index (χ3v) is 7.08. The van der Waals surface area contributed by atoms with Gasteiger partial charge in [-0.3, -0.25) is 9.48 Å². The van der Waals surface area contributed by atoms with Crippen LogP contribution in [0.2, 0.25) is 0 Å². The van der Waals surface area contributed by atoms with E-state index in [1.165, 1.54) is 34.4 Å². The minimum Gasteiger partial charge on any atom is -0.384 e. The summed E-state index contributed by atoms with van der Waals surface area (Å²) < 4.78 is 43.1. The molecule has 194 valence electrons. The highest BCUT2D eigenvalue weighted by Crippen LogP contribution is 2.43. The molecule has 3 aromatic heterocycles. The smallest absolute Gasteiger partial charge is 0.384 e. The van der Waals surface area contributed by atoms with Gasteiger partial charge in [-0.2, -0.15) is 23.5 Å². The second-order valence-corrected chi connectivity index (χ2v) is 10.1. The van der Waals surface area contributed by atoms with Crippen molar-refractivity contribution < 1.29 is 18.0 Å². The number of nitrogen functional groups attached to an aromatic ring is 1. The minimum absolute atomic E-state index is 0.0603. The Morgan fingerprint density at radius 1 is 1.35 bits per heavy atom. The third-order valence-electron chi connectivity index (χ3n) is 6.04. The molecule has 4 heterocycles. The molecule has 0 aliphatic carbocycles. The van der Waals surface area contributed by atoms with Gasteiger partial charge in [-0.1, -0.05) is 12.1 Å². The van der Waals surface area contributed by atoms with Gasteiger partial charge in [-0.25, -0.2) is 4.98 Å². The summed E-state index contributed by atoms with van der Waals surface area (Å²) in [6, 6.07) is 7.07. The fraction of sp³-hybridized carbons (Fsp3) is 0.360. The first-order chi connectivity index (χ1) is 17.5. The fourth-order valence-corrected chi connectivity index (χ4v) is 5.36. The van der Waals surface area contributed by atoms with Gasteiger partial charge in [0.15, 0.2) is 5.69 Å². The van der Waals surface area contributed by atoms with Crippen molar-refractivity contribution in [2.75, 3.05) is 32.9 Å². The first-order valence-corrected chi connectivity index (χ1v) is 12.4. The van der Waals surface area contributed by atoms with Gasteiger partial charge in [0.25, 0.3) is 0 Å². The number of carbonyl (C=O) groups excluding carboxylic acids is 1. The average Bonchev–Trinajstić information content (AvgIpc) is 3.47. The molecule has 1 atom stereocenters. The van der Waals surface area contributed by atoms with Crippen molar-refractivity contribution in [1.82, 2.24) is 24.6 Å². The maximum absolute atomic E-state index is 14.0. The standard InChI is InChI=1S/C25H26F3N7OS/c1-4-35-13-19(24(32-35)25(26,27)28)23-16(7-8-21(30)31-23)18-12-34(22(36)6-5-9-33(2)3)14-20-17(18)10-15(11-29)37-20/h5-8,10,13,18H,4,9,12,14H2,1-3H3,(H2,30,31)/b6-5+. The van der Waals surface area contributed by atoms with Crippen LogP contribution in [0.1, 0.15) is 39.4 Å². The topological polar surface area (TPSA) is 104 Å². The lowest BCUT2D eigenvalue weighted by atomic mass is 9.85. The summed E-state index contributed by atoms with van der Waals surface area (Å²) in [5.74, 6) is -0.665. The number of fused-ring (bicyclic) bond motifs is 1. The Hall–Kier alpha value is -3.69. The molecule has 1 unspecified atom stereocenters. The van der Waals surface area contributed by atoms with Crippen molar-refractivity contribution in [2.24, 2.45) is 0 Å². The summed E-state index contributed by atoms with van der Waals surface area (Å²) in [4.78, 5) is 22.2. The number of likely N-dealkylation sites (N-methyl/N-ethyl adjacent to an activating group) is 1. The second-order valence-electron chi connectivity index (χ2n) is 8.96. The lowest BCUT2D eigenvalue weighted by Crippen LogP contribution is -2.37. The summed E-state index contributed by atoms with van der Waals surface area (Å²) in [6.07, 6.45) is -0.130. The maximum Gasteiger partial charge on any atom is 0.435 e. The van der Waals surface area contributed by atoms with Crippen LogP contribution in [0.15, 0.2) is 36.5 Å². The molecule has 37 heavy (non-hydrogen) atoms. The van der Waals surface area contributed by atoms with Gasteiger partial charge in [0, 0.05) is 42.7 Å². The molecule has 0 fully saturated rings.